The maximum absolute atomic E-state index is 0. The average molecular weight is 299 g/mol. The van der Waals surface area contributed by atoms with Gasteiger partial charge in [-0.1, -0.05) is 0 Å². The smallest absolute Gasteiger partial charge is 0.870 e. The van der Waals surface area contributed by atoms with Gasteiger partial charge in [0.15, 0.2) is 0 Å². The van der Waals surface area contributed by atoms with Crippen molar-refractivity contribution in [1.29, 1.82) is 0 Å². The molecule has 0 radical (unpaired) electrons. The van der Waals surface area contributed by atoms with E-state index in [-0.39, 0.29) is 160 Å². The average Bonchev–Trinajstić information content (AvgIpc) is 0. The molecule has 0 unspecified atom stereocenters. The normalized spacial score (nSPS) is 0. The molecule has 0 saturated heterocycles. The van der Waals surface area contributed by atoms with Crippen molar-refractivity contribution in [3.05, 3.63) is 0 Å². The Labute approximate surface area is 155 Å². The van der Waals surface area contributed by atoms with Crippen LogP contribution in [0.4, 0.5) is 0 Å². The van der Waals surface area contributed by atoms with Crippen LogP contribution in [0.1, 0.15) is 0 Å². The summed E-state index contributed by atoms with van der Waals surface area (Å²) in [7, 11) is 0. The van der Waals surface area contributed by atoms with Crippen molar-refractivity contribution in [3.63, 3.8) is 0 Å². The minimum Gasteiger partial charge on any atom is -0.870 e. The van der Waals surface area contributed by atoms with Crippen LogP contribution in [0.25, 0.3) is 0 Å². The van der Waals surface area contributed by atoms with Gasteiger partial charge < -0.3 is 32.9 Å². The monoisotopic (exact) mass is 300 g/mol. The van der Waals surface area contributed by atoms with Gasteiger partial charge in [0.25, 0.3) is 0 Å². The molecule has 6 N–H and O–H groups in total. The Hall–Kier alpha value is 3.83. The molecule has 6 nitrogen and oxygen atoms in total. The fraction of sp³-hybridized carbons (Fsp3) is 0. The van der Waals surface area contributed by atoms with Crippen LogP contribution in [0.2, 0.25) is 0 Å². The summed E-state index contributed by atoms with van der Waals surface area (Å²) >= 11 is 0. The van der Waals surface area contributed by atoms with Gasteiger partial charge >= 0.3 is 127 Å². The molecule has 9 heavy (non-hydrogen) atoms. The van der Waals surface area contributed by atoms with E-state index in [0.717, 1.165) is 0 Å². The van der Waals surface area contributed by atoms with Crippen LogP contribution in [-0.4, -0.2) is 56.8 Å². The summed E-state index contributed by atoms with van der Waals surface area (Å²) in [5, 5.41) is 0. The van der Waals surface area contributed by atoms with Crippen LogP contribution in [0.15, 0.2) is 0 Å². The summed E-state index contributed by atoms with van der Waals surface area (Å²) in [6.07, 6.45) is 0. The first-order chi connectivity index (χ1) is 0. The third kappa shape index (κ3) is 77.9. The molecule has 0 atom stereocenters. The zero-order chi connectivity index (χ0) is 0. The molecule has 0 aliphatic rings. The molecular weight excluding hydrogens is 293 g/mol. The molecule has 0 saturated carbocycles. The van der Waals surface area contributed by atoms with E-state index < -0.39 is 0 Å². The van der Waals surface area contributed by atoms with E-state index in [1.165, 1.54) is 0 Å². The zero-order valence-electron chi connectivity index (χ0n) is 5.18. The topological polar surface area (TPSA) is 180 Å². The van der Waals surface area contributed by atoms with Gasteiger partial charge in [-0.15, -0.1) is 0 Å². The van der Waals surface area contributed by atoms with Gasteiger partial charge in [0.1, 0.15) is 0 Å². The standard InChI is InChI=1S/2K.6H2O.Sn/h;;6*1H2;/q2*+1;;;;;;;+4/p-6. The molecule has 0 aromatic carbocycles. The molecule has 0 aliphatic carbocycles. The van der Waals surface area contributed by atoms with E-state index in [9.17, 15) is 0 Å². The molecule has 9 heteroatoms. The van der Waals surface area contributed by atoms with Crippen LogP contribution >= 0.6 is 0 Å². The second kappa shape index (κ2) is 94.6. The molecule has 48 valence electrons. The third-order valence-corrected chi connectivity index (χ3v) is 0. The predicted octanol–water partition coefficient (Wildman–Crippen LogP) is -7.43. The van der Waals surface area contributed by atoms with Crippen molar-refractivity contribution in [2.24, 2.45) is 0 Å². The van der Waals surface area contributed by atoms with Crippen LogP contribution in [0.5, 0.6) is 0 Å². The molecular formula is H6K2O6Sn. The van der Waals surface area contributed by atoms with Gasteiger partial charge in [0.05, 0.1) is 0 Å². The van der Waals surface area contributed by atoms with Crippen LogP contribution in [0, 0.1) is 0 Å². The zero-order valence-corrected chi connectivity index (χ0v) is 14.3. The minimum absolute atomic E-state index is 0. The number of hydrogen-bond acceptors (Lipinski definition) is 6. The number of hydrogen-bond donors (Lipinski definition) is 0. The molecule has 0 heterocycles. The van der Waals surface area contributed by atoms with Crippen molar-refractivity contribution in [2.45, 2.75) is 0 Å². The Bertz CT molecular complexity index is 11.0. The second-order valence-corrected chi connectivity index (χ2v) is 0. The van der Waals surface area contributed by atoms with E-state index in [1.807, 2.05) is 0 Å². The van der Waals surface area contributed by atoms with Gasteiger partial charge in [-0.3, -0.25) is 0 Å². The van der Waals surface area contributed by atoms with Gasteiger partial charge in [-0.05, 0) is 0 Å². The Kier molecular flexibility index (Phi) is 1290. The molecule has 0 spiro atoms. The first kappa shape index (κ1) is 122. The fourth-order valence-corrected chi connectivity index (χ4v) is 0. The summed E-state index contributed by atoms with van der Waals surface area (Å²) in [5.74, 6) is 0. The molecule has 0 aromatic heterocycles. The van der Waals surface area contributed by atoms with E-state index in [2.05, 4.69) is 0 Å². The third-order valence-electron chi connectivity index (χ3n) is 0. The van der Waals surface area contributed by atoms with Gasteiger partial charge in [0.2, 0.25) is 0 Å². The van der Waals surface area contributed by atoms with Gasteiger partial charge in [-0.25, -0.2) is 0 Å². The van der Waals surface area contributed by atoms with Crippen LogP contribution < -0.4 is 103 Å². The summed E-state index contributed by atoms with van der Waals surface area (Å²) < 4.78 is 0. The first-order valence-electron chi connectivity index (χ1n) is 0. The van der Waals surface area contributed by atoms with Crippen molar-refractivity contribution < 1.29 is 136 Å². The minimum atomic E-state index is 0. The Morgan fingerprint density at radius 3 is 0.333 bits per heavy atom. The van der Waals surface area contributed by atoms with Crippen molar-refractivity contribution >= 4 is 23.9 Å². The second-order valence-electron chi connectivity index (χ2n) is 0. The Morgan fingerprint density at radius 2 is 0.333 bits per heavy atom. The molecule has 0 aromatic rings. The van der Waals surface area contributed by atoms with Crippen LogP contribution in [0.3, 0.4) is 0 Å². The summed E-state index contributed by atoms with van der Waals surface area (Å²) in [5.41, 5.74) is 0. The first-order valence-corrected chi connectivity index (χ1v) is 0. The molecule has 0 rings (SSSR count). The Morgan fingerprint density at radius 1 is 0.333 bits per heavy atom. The maximum atomic E-state index is 0. The Balaban J connectivity index is 0. The summed E-state index contributed by atoms with van der Waals surface area (Å²) in [6, 6.07) is 0. The fourth-order valence-electron chi connectivity index (χ4n) is 0. The predicted molar refractivity (Wildman–Crippen MR) is 17.4 cm³/mol. The molecule has 0 fully saturated rings. The number of rotatable bonds is 0. The van der Waals surface area contributed by atoms with Gasteiger partial charge in [0, 0.05) is 0 Å². The molecule has 0 aliphatic heterocycles. The van der Waals surface area contributed by atoms with E-state index in [4.69, 9.17) is 0 Å². The largest absolute Gasteiger partial charge is 4.00 e. The SMILES string of the molecule is [K+].[K+].[OH-].[OH-].[OH-].[OH-].[OH-].[OH-].[Sn+4]. The van der Waals surface area contributed by atoms with E-state index >= 15 is 0 Å². The van der Waals surface area contributed by atoms with Crippen molar-refractivity contribution in [3.8, 4) is 0 Å². The summed E-state index contributed by atoms with van der Waals surface area (Å²) in [6.45, 7) is 0. The van der Waals surface area contributed by atoms with E-state index in [0.29, 0.717) is 0 Å². The maximum Gasteiger partial charge on any atom is 4.00 e. The van der Waals surface area contributed by atoms with Crippen LogP contribution in [-0.2, 0) is 0 Å². The van der Waals surface area contributed by atoms with Crippen molar-refractivity contribution in [2.75, 3.05) is 0 Å². The van der Waals surface area contributed by atoms with E-state index in [1.54, 1.807) is 0 Å². The quantitative estimate of drug-likeness (QED) is 0.400. The summed E-state index contributed by atoms with van der Waals surface area (Å²) in [4.78, 5) is 0. The van der Waals surface area contributed by atoms with Crippen molar-refractivity contribution in [1.82, 2.24) is 0 Å². The molecule has 0 bridgehead atoms. The van der Waals surface area contributed by atoms with Gasteiger partial charge in [-0.2, -0.15) is 0 Å². The molecule has 0 amide bonds.